The zero-order valence-electron chi connectivity index (χ0n) is 15.7. The average Bonchev–Trinajstić information content (AvgIpc) is 2.72. The molecule has 2 aliphatic heterocycles. The second-order valence-electron chi connectivity index (χ2n) is 7.48. The number of aliphatic hydroxyl groups is 1. The highest BCUT2D eigenvalue weighted by Gasteiger charge is 2.30. The van der Waals surface area contributed by atoms with Gasteiger partial charge in [-0.2, -0.15) is 0 Å². The summed E-state index contributed by atoms with van der Waals surface area (Å²) < 4.78 is 11.4. The lowest BCUT2D eigenvalue weighted by molar-refractivity contribution is -0.148. The number of likely N-dealkylation sites (tertiary alicyclic amines) is 1. The Hall–Kier alpha value is -1.43. The standard InChI is InChI=1S/C21H31NO4/c1-16(26-15-19-9-5-6-14-25-19)21(24)22-12-10-18(11-13-22)20(23)17-7-3-2-4-8-17/h2-4,7-8,16,18-20,23H,5-6,9-15H2,1H3. The number of carbonyl (C=O) groups excluding carboxylic acids is 1. The van der Waals surface area contributed by atoms with Gasteiger partial charge in [0.2, 0.25) is 0 Å². The second-order valence-corrected chi connectivity index (χ2v) is 7.48. The molecule has 0 radical (unpaired) electrons. The van der Waals surface area contributed by atoms with Crippen LogP contribution in [0, 0.1) is 5.92 Å². The first kappa shape index (κ1) is 19.3. The molecule has 144 valence electrons. The molecule has 2 fully saturated rings. The molecule has 2 aliphatic rings. The normalized spacial score (nSPS) is 24.2. The first-order valence-electron chi connectivity index (χ1n) is 9.90. The van der Waals surface area contributed by atoms with Crippen molar-refractivity contribution in [2.75, 3.05) is 26.3 Å². The molecule has 5 nitrogen and oxygen atoms in total. The van der Waals surface area contributed by atoms with Gasteiger partial charge in [0.05, 0.1) is 18.8 Å². The minimum Gasteiger partial charge on any atom is -0.388 e. The van der Waals surface area contributed by atoms with Gasteiger partial charge in [0, 0.05) is 19.7 Å². The van der Waals surface area contributed by atoms with Crippen molar-refractivity contribution in [2.45, 2.75) is 57.3 Å². The Morgan fingerprint density at radius 2 is 1.96 bits per heavy atom. The first-order valence-corrected chi connectivity index (χ1v) is 9.90. The van der Waals surface area contributed by atoms with Crippen molar-refractivity contribution in [2.24, 2.45) is 5.92 Å². The van der Waals surface area contributed by atoms with Crippen LogP contribution in [0.15, 0.2) is 30.3 Å². The molecule has 0 bridgehead atoms. The number of benzene rings is 1. The predicted octanol–water partition coefficient (Wildman–Crippen LogP) is 2.93. The van der Waals surface area contributed by atoms with Gasteiger partial charge in [-0.05, 0) is 50.5 Å². The van der Waals surface area contributed by atoms with E-state index in [2.05, 4.69) is 0 Å². The average molecular weight is 361 g/mol. The summed E-state index contributed by atoms with van der Waals surface area (Å²) in [6.07, 6.45) is 4.19. The maximum atomic E-state index is 12.6. The minimum absolute atomic E-state index is 0.0495. The number of carbonyl (C=O) groups is 1. The van der Waals surface area contributed by atoms with Gasteiger partial charge in [0.15, 0.2) is 0 Å². The van der Waals surface area contributed by atoms with Crippen molar-refractivity contribution in [1.29, 1.82) is 0 Å². The molecule has 2 saturated heterocycles. The Morgan fingerprint density at radius 3 is 2.62 bits per heavy atom. The van der Waals surface area contributed by atoms with Gasteiger partial charge in [-0.1, -0.05) is 30.3 Å². The number of hydrogen-bond donors (Lipinski definition) is 1. The van der Waals surface area contributed by atoms with E-state index in [1.165, 1.54) is 6.42 Å². The smallest absolute Gasteiger partial charge is 0.251 e. The van der Waals surface area contributed by atoms with E-state index in [0.29, 0.717) is 19.7 Å². The quantitative estimate of drug-likeness (QED) is 0.846. The molecule has 26 heavy (non-hydrogen) atoms. The number of ether oxygens (including phenoxy) is 2. The summed E-state index contributed by atoms with van der Waals surface area (Å²) in [7, 11) is 0. The highest BCUT2D eigenvalue weighted by Crippen LogP contribution is 2.30. The summed E-state index contributed by atoms with van der Waals surface area (Å²) in [6.45, 7) is 4.49. The van der Waals surface area contributed by atoms with Crippen molar-refractivity contribution in [1.82, 2.24) is 4.90 Å². The zero-order valence-corrected chi connectivity index (χ0v) is 15.7. The molecule has 5 heteroatoms. The van der Waals surface area contributed by atoms with Crippen LogP contribution in [-0.2, 0) is 14.3 Å². The molecule has 0 saturated carbocycles. The number of piperidine rings is 1. The van der Waals surface area contributed by atoms with Crippen LogP contribution in [0.2, 0.25) is 0 Å². The fourth-order valence-corrected chi connectivity index (χ4v) is 3.88. The Labute approximate surface area is 156 Å². The number of rotatable bonds is 6. The van der Waals surface area contributed by atoms with Crippen LogP contribution in [0.5, 0.6) is 0 Å². The van der Waals surface area contributed by atoms with Crippen molar-refractivity contribution in [3.05, 3.63) is 35.9 Å². The number of nitrogens with zero attached hydrogens (tertiary/aromatic N) is 1. The van der Waals surface area contributed by atoms with E-state index >= 15 is 0 Å². The Bertz CT molecular complexity index is 550. The van der Waals surface area contributed by atoms with E-state index in [1.807, 2.05) is 42.2 Å². The lowest BCUT2D eigenvalue weighted by Crippen LogP contribution is -2.45. The lowest BCUT2D eigenvalue weighted by atomic mass is 9.87. The van der Waals surface area contributed by atoms with Crippen LogP contribution in [0.4, 0.5) is 0 Å². The van der Waals surface area contributed by atoms with Crippen molar-refractivity contribution in [3.63, 3.8) is 0 Å². The van der Waals surface area contributed by atoms with Crippen LogP contribution in [0.25, 0.3) is 0 Å². The van der Waals surface area contributed by atoms with Crippen LogP contribution in [0.1, 0.15) is 50.7 Å². The highest BCUT2D eigenvalue weighted by molar-refractivity contribution is 5.80. The second kappa shape index (κ2) is 9.49. The van der Waals surface area contributed by atoms with Gasteiger partial charge in [-0.25, -0.2) is 0 Å². The summed E-state index contributed by atoms with van der Waals surface area (Å²) in [6, 6.07) is 9.78. The van der Waals surface area contributed by atoms with E-state index in [9.17, 15) is 9.90 Å². The third-order valence-electron chi connectivity index (χ3n) is 5.59. The predicted molar refractivity (Wildman–Crippen MR) is 99.7 cm³/mol. The van der Waals surface area contributed by atoms with Crippen LogP contribution in [0.3, 0.4) is 0 Å². The number of aliphatic hydroxyl groups excluding tert-OH is 1. The van der Waals surface area contributed by atoms with E-state index in [0.717, 1.165) is 37.9 Å². The van der Waals surface area contributed by atoms with Crippen molar-refractivity contribution in [3.8, 4) is 0 Å². The molecule has 3 atom stereocenters. The molecule has 1 amide bonds. The molecule has 0 aliphatic carbocycles. The maximum Gasteiger partial charge on any atom is 0.251 e. The van der Waals surface area contributed by atoms with E-state index in [-0.39, 0.29) is 17.9 Å². The largest absolute Gasteiger partial charge is 0.388 e. The van der Waals surface area contributed by atoms with Gasteiger partial charge in [0.1, 0.15) is 6.10 Å². The molecule has 1 aromatic rings. The summed E-state index contributed by atoms with van der Waals surface area (Å²) in [5, 5.41) is 10.6. The minimum atomic E-state index is -0.453. The molecule has 3 rings (SSSR count). The molecule has 1 aromatic carbocycles. The first-order chi connectivity index (χ1) is 12.6. The van der Waals surface area contributed by atoms with Crippen LogP contribution < -0.4 is 0 Å². The van der Waals surface area contributed by atoms with Gasteiger partial charge < -0.3 is 19.5 Å². The van der Waals surface area contributed by atoms with Gasteiger partial charge in [0.25, 0.3) is 5.91 Å². The number of hydrogen-bond acceptors (Lipinski definition) is 4. The fraction of sp³-hybridized carbons (Fsp3) is 0.667. The molecular weight excluding hydrogens is 330 g/mol. The van der Waals surface area contributed by atoms with Crippen LogP contribution >= 0.6 is 0 Å². The lowest BCUT2D eigenvalue weighted by Gasteiger charge is -2.35. The maximum absolute atomic E-state index is 12.6. The van der Waals surface area contributed by atoms with Crippen molar-refractivity contribution < 1.29 is 19.4 Å². The molecule has 3 unspecified atom stereocenters. The SMILES string of the molecule is CC(OCC1CCCCO1)C(=O)N1CCC(C(O)c2ccccc2)CC1. The topological polar surface area (TPSA) is 59.0 Å². The van der Waals surface area contributed by atoms with Gasteiger partial charge in [-0.3, -0.25) is 4.79 Å². The van der Waals surface area contributed by atoms with Crippen molar-refractivity contribution >= 4 is 5.91 Å². The zero-order chi connectivity index (χ0) is 18.4. The summed E-state index contributed by atoms with van der Waals surface area (Å²) in [5.41, 5.74) is 0.960. The van der Waals surface area contributed by atoms with Crippen LogP contribution in [-0.4, -0.2) is 54.4 Å². The Balaban J connectivity index is 1.42. The van der Waals surface area contributed by atoms with E-state index < -0.39 is 12.2 Å². The fourth-order valence-electron chi connectivity index (χ4n) is 3.88. The van der Waals surface area contributed by atoms with Gasteiger partial charge in [-0.15, -0.1) is 0 Å². The summed E-state index contributed by atoms with van der Waals surface area (Å²) in [4.78, 5) is 14.5. The monoisotopic (exact) mass is 361 g/mol. The summed E-state index contributed by atoms with van der Waals surface area (Å²) >= 11 is 0. The molecule has 0 spiro atoms. The molecule has 1 N–H and O–H groups in total. The van der Waals surface area contributed by atoms with E-state index in [1.54, 1.807) is 0 Å². The van der Waals surface area contributed by atoms with Gasteiger partial charge >= 0.3 is 0 Å². The highest BCUT2D eigenvalue weighted by atomic mass is 16.5. The molecular formula is C21H31NO4. The van der Waals surface area contributed by atoms with E-state index in [4.69, 9.17) is 9.47 Å². The Morgan fingerprint density at radius 1 is 1.23 bits per heavy atom. The third-order valence-corrected chi connectivity index (χ3v) is 5.59. The third kappa shape index (κ3) is 5.06. The number of amides is 1. The molecule has 0 aromatic heterocycles. The summed E-state index contributed by atoms with van der Waals surface area (Å²) in [5.74, 6) is 0.252. The molecule has 2 heterocycles. The Kier molecular flexibility index (Phi) is 7.06.